The summed E-state index contributed by atoms with van der Waals surface area (Å²) in [5.74, 6) is 24.1. The Bertz CT molecular complexity index is 805. The molecular formula is C26H29NO2. The van der Waals surface area contributed by atoms with Gasteiger partial charge in [-0.05, 0) is 36.0 Å². The third kappa shape index (κ3) is 22.6. The highest BCUT2D eigenvalue weighted by Crippen LogP contribution is 2.11. The minimum absolute atomic E-state index is 0.406. The predicted molar refractivity (Wildman–Crippen MR) is 119 cm³/mol. The van der Waals surface area contributed by atoms with Crippen molar-refractivity contribution in [3.63, 3.8) is 0 Å². The molecule has 0 aliphatic carbocycles. The van der Waals surface area contributed by atoms with Crippen molar-refractivity contribution in [2.45, 2.75) is 77.6 Å². The molecule has 0 spiro atoms. The molecule has 0 aliphatic rings. The van der Waals surface area contributed by atoms with Gasteiger partial charge in [0.05, 0.1) is 6.61 Å². The number of hydrogen-bond acceptors (Lipinski definition) is 2. The summed E-state index contributed by atoms with van der Waals surface area (Å²) in [5.41, 5.74) is 0. The molecule has 0 bridgehead atoms. The number of carbonyl (C=O) groups is 1. The van der Waals surface area contributed by atoms with Gasteiger partial charge < -0.3 is 4.74 Å². The molecule has 3 nitrogen and oxygen atoms in total. The molecule has 3 heteroatoms. The minimum Gasteiger partial charge on any atom is -0.449 e. The molecule has 1 amide bonds. The number of unbranched alkanes of at least 4 members (excludes halogenated alkanes) is 10. The van der Waals surface area contributed by atoms with Crippen molar-refractivity contribution in [1.82, 2.24) is 5.32 Å². The molecule has 0 aromatic carbocycles. The van der Waals surface area contributed by atoms with Gasteiger partial charge in [0, 0.05) is 35.6 Å². The molecule has 0 aromatic heterocycles. The van der Waals surface area contributed by atoms with Crippen molar-refractivity contribution in [2.24, 2.45) is 0 Å². The first-order valence-electron chi connectivity index (χ1n) is 10.2. The lowest BCUT2D eigenvalue weighted by Gasteiger charge is -2.04. The highest BCUT2D eigenvalue weighted by molar-refractivity contribution is 5.69. The van der Waals surface area contributed by atoms with Crippen LogP contribution in [-0.2, 0) is 4.74 Å². The fraction of sp³-hybridized carbons (Fsp3) is 0.500. The molecule has 0 aromatic rings. The van der Waals surface area contributed by atoms with Gasteiger partial charge in [-0.15, -0.1) is 6.42 Å². The molecule has 150 valence electrons. The molecule has 0 unspecified atom stereocenters. The van der Waals surface area contributed by atoms with Crippen LogP contribution in [0.15, 0.2) is 0 Å². The maximum Gasteiger partial charge on any atom is 0.418 e. The lowest BCUT2D eigenvalue weighted by Crippen LogP contribution is -2.19. The molecule has 0 saturated heterocycles. The summed E-state index contributed by atoms with van der Waals surface area (Å²) in [7, 11) is 0. The van der Waals surface area contributed by atoms with Gasteiger partial charge in [0.15, 0.2) is 0 Å². The molecular weight excluding hydrogens is 358 g/mol. The Hall–Kier alpha value is -3.37. The van der Waals surface area contributed by atoms with Crippen LogP contribution >= 0.6 is 0 Å². The summed E-state index contributed by atoms with van der Waals surface area (Å²) in [4.78, 5) is 11.4. The second-order valence-electron chi connectivity index (χ2n) is 6.19. The summed E-state index contributed by atoms with van der Waals surface area (Å²) in [5, 5.41) is 2.31. The van der Waals surface area contributed by atoms with Crippen molar-refractivity contribution in [2.75, 3.05) is 6.61 Å². The number of amides is 1. The fourth-order valence-electron chi connectivity index (χ4n) is 2.34. The van der Waals surface area contributed by atoms with Gasteiger partial charge in [0.2, 0.25) is 0 Å². The Morgan fingerprint density at radius 2 is 1.14 bits per heavy atom. The third-order valence-corrected chi connectivity index (χ3v) is 3.78. The number of rotatable bonds is 12. The van der Waals surface area contributed by atoms with Gasteiger partial charge in [-0.25, -0.2) is 10.1 Å². The number of terminal acetylenes is 1. The molecule has 0 saturated carbocycles. The number of carbonyl (C=O) groups excluding carboxylic acids is 1. The van der Waals surface area contributed by atoms with Gasteiger partial charge in [0.25, 0.3) is 0 Å². The van der Waals surface area contributed by atoms with Gasteiger partial charge in [-0.3, -0.25) is 0 Å². The van der Waals surface area contributed by atoms with E-state index in [0.29, 0.717) is 6.61 Å². The van der Waals surface area contributed by atoms with Gasteiger partial charge in [0.1, 0.15) is 0 Å². The Morgan fingerprint density at radius 1 is 0.690 bits per heavy atom. The van der Waals surface area contributed by atoms with Gasteiger partial charge in [-0.1, -0.05) is 71.1 Å². The van der Waals surface area contributed by atoms with E-state index in [1.165, 1.54) is 57.8 Å². The van der Waals surface area contributed by atoms with Gasteiger partial charge >= 0.3 is 6.09 Å². The van der Waals surface area contributed by atoms with Crippen LogP contribution in [0.25, 0.3) is 0 Å². The zero-order chi connectivity index (χ0) is 21.3. The van der Waals surface area contributed by atoms with Crippen LogP contribution in [0, 0.1) is 71.7 Å². The van der Waals surface area contributed by atoms with Crippen LogP contribution in [-0.4, -0.2) is 12.7 Å². The molecule has 0 heterocycles. The number of nitrogens with one attached hydrogen (secondary N) is 1. The number of ether oxygens (including phenoxy) is 1. The monoisotopic (exact) mass is 387 g/mol. The summed E-state index contributed by atoms with van der Waals surface area (Å²) in [6.07, 6.45) is 18.2. The zero-order valence-corrected chi connectivity index (χ0v) is 17.4. The zero-order valence-electron chi connectivity index (χ0n) is 17.4. The van der Waals surface area contributed by atoms with Gasteiger partial charge in [-0.2, -0.15) is 0 Å². The molecule has 0 rings (SSSR count). The second-order valence-corrected chi connectivity index (χ2v) is 6.19. The van der Waals surface area contributed by atoms with Crippen molar-refractivity contribution in [3.05, 3.63) is 0 Å². The van der Waals surface area contributed by atoms with E-state index in [4.69, 9.17) is 11.2 Å². The first kappa shape index (κ1) is 25.6. The standard InChI is InChI=1S/C26H29NO2/c1-3-5-7-9-11-13-15-17-19-21-23-25-29-26(28)27-24-22-20-18-16-14-12-10-8-6-4-2/h2H,3,5,7,9,11,13,15,17,19,21,23,25H2,1H3,(H,27,28). The normalized spacial score (nSPS) is 7.86. The van der Waals surface area contributed by atoms with Crippen LogP contribution in [0.2, 0.25) is 0 Å². The smallest absolute Gasteiger partial charge is 0.418 e. The first-order valence-corrected chi connectivity index (χ1v) is 10.2. The van der Waals surface area contributed by atoms with E-state index in [0.717, 1.165) is 12.8 Å². The molecule has 29 heavy (non-hydrogen) atoms. The highest BCUT2D eigenvalue weighted by atomic mass is 16.5. The largest absolute Gasteiger partial charge is 0.449 e. The molecule has 0 aliphatic heterocycles. The summed E-state index contributed by atoms with van der Waals surface area (Å²) in [6, 6.07) is 2.40. The summed E-state index contributed by atoms with van der Waals surface area (Å²) in [6.45, 7) is 2.65. The quantitative estimate of drug-likeness (QED) is 0.301. The Balaban J connectivity index is 3.60. The number of hydrogen-bond donors (Lipinski definition) is 1. The lowest BCUT2D eigenvalue weighted by molar-refractivity contribution is 0.148. The Labute approximate surface area is 177 Å². The molecule has 1 N–H and O–H groups in total. The topological polar surface area (TPSA) is 38.3 Å². The molecule has 0 atom stereocenters. The Morgan fingerprint density at radius 3 is 1.66 bits per heavy atom. The van der Waals surface area contributed by atoms with Crippen LogP contribution < -0.4 is 5.32 Å². The van der Waals surface area contributed by atoms with Crippen molar-refractivity contribution >= 4 is 6.09 Å². The van der Waals surface area contributed by atoms with Crippen molar-refractivity contribution in [1.29, 1.82) is 0 Å². The first-order chi connectivity index (χ1) is 14.3. The summed E-state index contributed by atoms with van der Waals surface area (Å²) < 4.78 is 5.04. The van der Waals surface area contributed by atoms with E-state index in [1.54, 1.807) is 0 Å². The third-order valence-electron chi connectivity index (χ3n) is 3.78. The van der Waals surface area contributed by atoms with E-state index in [1.807, 2.05) is 0 Å². The van der Waals surface area contributed by atoms with E-state index >= 15 is 0 Å². The van der Waals surface area contributed by atoms with E-state index < -0.39 is 6.09 Å². The second kappa shape index (κ2) is 22.7. The fourth-order valence-corrected chi connectivity index (χ4v) is 2.34. The maximum atomic E-state index is 11.4. The van der Waals surface area contributed by atoms with E-state index in [2.05, 4.69) is 77.5 Å². The Kier molecular flexibility index (Phi) is 20.0. The minimum atomic E-state index is -0.560. The SMILES string of the molecule is C#CC#CC#CC#CC#CC#CNC(=O)OCCCCCCCCCCCCC. The predicted octanol–water partition coefficient (Wildman–Crippen LogP) is 4.63. The maximum absolute atomic E-state index is 11.4. The molecule has 0 radical (unpaired) electrons. The van der Waals surface area contributed by atoms with Crippen molar-refractivity contribution < 1.29 is 9.53 Å². The lowest BCUT2D eigenvalue weighted by atomic mass is 10.1. The van der Waals surface area contributed by atoms with Crippen LogP contribution in [0.5, 0.6) is 0 Å². The van der Waals surface area contributed by atoms with E-state index in [9.17, 15) is 4.79 Å². The average molecular weight is 388 g/mol. The van der Waals surface area contributed by atoms with Crippen LogP contribution in [0.1, 0.15) is 77.6 Å². The summed E-state index contributed by atoms with van der Waals surface area (Å²) >= 11 is 0. The van der Waals surface area contributed by atoms with Crippen molar-refractivity contribution in [3.8, 4) is 71.7 Å². The van der Waals surface area contributed by atoms with E-state index in [-0.39, 0.29) is 0 Å². The average Bonchev–Trinajstić information content (AvgIpc) is 2.72. The molecule has 0 fully saturated rings. The van der Waals surface area contributed by atoms with Crippen LogP contribution in [0.4, 0.5) is 4.79 Å². The highest BCUT2D eigenvalue weighted by Gasteiger charge is 1.98. The van der Waals surface area contributed by atoms with Crippen LogP contribution in [0.3, 0.4) is 0 Å². The number of alkyl carbamates (subject to hydrolysis) is 1.